The van der Waals surface area contributed by atoms with Gasteiger partial charge in [-0.15, -0.1) is 0 Å². The van der Waals surface area contributed by atoms with Gasteiger partial charge in [-0.3, -0.25) is 19.1 Å². The third-order valence-corrected chi connectivity index (χ3v) is 4.35. The Bertz CT molecular complexity index is 772. The van der Waals surface area contributed by atoms with Crippen LogP contribution in [0.1, 0.15) is 37.8 Å². The molecular weight excluding hydrogens is 282 g/mol. The molecule has 0 aliphatic heterocycles. The van der Waals surface area contributed by atoms with Gasteiger partial charge in [0.1, 0.15) is 11.3 Å². The number of hydrogen-bond donors (Lipinski definition) is 1. The number of nitrogens with zero attached hydrogens (tertiary/aromatic N) is 3. The molecule has 0 atom stereocenters. The zero-order valence-electron chi connectivity index (χ0n) is 12.6. The second-order valence-electron chi connectivity index (χ2n) is 6.06. The van der Waals surface area contributed by atoms with Gasteiger partial charge in [-0.25, -0.2) is 4.98 Å². The minimum Gasteiger partial charge on any atom is -0.390 e. The van der Waals surface area contributed by atoms with Gasteiger partial charge in [0.15, 0.2) is 5.65 Å². The summed E-state index contributed by atoms with van der Waals surface area (Å²) in [6.45, 7) is 2.20. The van der Waals surface area contributed by atoms with Gasteiger partial charge in [-0.05, 0) is 32.3 Å². The molecule has 6 heteroatoms. The fraction of sp³-hybridized carbons (Fsp3) is 0.500. The van der Waals surface area contributed by atoms with Crippen molar-refractivity contribution < 1.29 is 9.90 Å². The van der Waals surface area contributed by atoms with Crippen molar-refractivity contribution in [3.63, 3.8) is 0 Å². The van der Waals surface area contributed by atoms with Crippen molar-refractivity contribution in [2.24, 2.45) is 0 Å². The Kier molecular flexibility index (Phi) is 3.78. The highest BCUT2D eigenvalue weighted by molar-refractivity contribution is 5.79. The zero-order valence-corrected chi connectivity index (χ0v) is 12.6. The average molecular weight is 301 g/mol. The van der Waals surface area contributed by atoms with Crippen molar-refractivity contribution in [1.29, 1.82) is 0 Å². The number of Topliss-reactive ketones (excluding diaryl/α,β-unsaturated/α-hetero) is 1. The predicted octanol–water partition coefficient (Wildman–Crippen LogP) is 1.36. The van der Waals surface area contributed by atoms with E-state index in [1.165, 1.54) is 6.07 Å². The van der Waals surface area contributed by atoms with Crippen LogP contribution in [0.4, 0.5) is 0 Å². The van der Waals surface area contributed by atoms with Gasteiger partial charge >= 0.3 is 0 Å². The van der Waals surface area contributed by atoms with E-state index in [0.717, 1.165) is 5.69 Å². The molecule has 2 aromatic heterocycles. The molecule has 0 radical (unpaired) electrons. The molecule has 6 nitrogen and oxygen atoms in total. The monoisotopic (exact) mass is 301 g/mol. The lowest BCUT2D eigenvalue weighted by Crippen LogP contribution is -2.36. The fourth-order valence-electron chi connectivity index (χ4n) is 2.91. The lowest BCUT2D eigenvalue weighted by Gasteiger charge is -2.31. The van der Waals surface area contributed by atoms with Gasteiger partial charge in [-0.2, -0.15) is 0 Å². The van der Waals surface area contributed by atoms with Crippen molar-refractivity contribution in [3.05, 3.63) is 34.4 Å². The number of fused-ring (bicyclic) bond motifs is 1. The molecule has 1 fully saturated rings. The molecule has 1 aliphatic carbocycles. The first-order valence-electron chi connectivity index (χ1n) is 7.54. The number of hydrogen-bond acceptors (Lipinski definition) is 5. The molecule has 116 valence electrons. The Labute approximate surface area is 127 Å². The third-order valence-electron chi connectivity index (χ3n) is 4.35. The molecule has 1 N–H and O–H groups in total. The molecule has 0 bridgehead atoms. The van der Waals surface area contributed by atoms with E-state index in [2.05, 4.69) is 9.97 Å². The van der Waals surface area contributed by atoms with E-state index in [0.29, 0.717) is 49.8 Å². The number of rotatable bonds is 3. The molecule has 22 heavy (non-hydrogen) atoms. The summed E-state index contributed by atoms with van der Waals surface area (Å²) in [5, 5.41) is 10.6. The Morgan fingerprint density at radius 3 is 2.73 bits per heavy atom. The summed E-state index contributed by atoms with van der Waals surface area (Å²) in [5.74, 6) is 0.202. The summed E-state index contributed by atoms with van der Waals surface area (Å²) in [5.41, 5.74) is 0.933. The first-order valence-corrected chi connectivity index (χ1v) is 7.54. The smallest absolute Gasteiger partial charge is 0.252 e. The summed E-state index contributed by atoms with van der Waals surface area (Å²) in [7, 11) is 0. The Balaban J connectivity index is 1.87. The van der Waals surface area contributed by atoms with E-state index < -0.39 is 5.60 Å². The van der Waals surface area contributed by atoms with Crippen LogP contribution in [0.3, 0.4) is 0 Å². The normalized spacial score (nSPS) is 17.8. The van der Waals surface area contributed by atoms with E-state index in [1.54, 1.807) is 16.8 Å². The van der Waals surface area contributed by atoms with Crippen molar-refractivity contribution in [2.75, 3.05) is 0 Å². The Hall–Kier alpha value is -2.08. The number of carbonyl (C=O) groups is 1. The van der Waals surface area contributed by atoms with Crippen LogP contribution < -0.4 is 5.56 Å². The lowest BCUT2D eigenvalue weighted by atomic mass is 9.82. The van der Waals surface area contributed by atoms with Gasteiger partial charge in [0, 0.05) is 31.6 Å². The second-order valence-corrected chi connectivity index (χ2v) is 6.06. The maximum absolute atomic E-state index is 12.1. The van der Waals surface area contributed by atoms with Crippen molar-refractivity contribution in [2.45, 2.75) is 51.2 Å². The van der Waals surface area contributed by atoms with Crippen molar-refractivity contribution >= 4 is 16.9 Å². The number of aromatic nitrogens is 3. The summed E-state index contributed by atoms with van der Waals surface area (Å²) >= 11 is 0. The molecule has 3 rings (SSSR count). The topological polar surface area (TPSA) is 85.1 Å². The van der Waals surface area contributed by atoms with Crippen molar-refractivity contribution in [1.82, 2.24) is 14.5 Å². The van der Waals surface area contributed by atoms with E-state index in [9.17, 15) is 14.7 Å². The van der Waals surface area contributed by atoms with Crippen LogP contribution in [0.15, 0.2) is 23.1 Å². The summed E-state index contributed by atoms with van der Waals surface area (Å²) in [6.07, 6.45) is 3.87. The average Bonchev–Trinajstić information content (AvgIpc) is 2.50. The number of carbonyl (C=O) groups excluding carboxylic acids is 1. The minimum atomic E-state index is -0.868. The van der Waals surface area contributed by atoms with Crippen LogP contribution in [0.2, 0.25) is 0 Å². The maximum Gasteiger partial charge on any atom is 0.252 e. The van der Waals surface area contributed by atoms with Crippen LogP contribution in [0.25, 0.3) is 11.2 Å². The highest BCUT2D eigenvalue weighted by Gasteiger charge is 2.32. The molecule has 1 aliphatic rings. The van der Waals surface area contributed by atoms with E-state index in [1.807, 2.05) is 6.92 Å². The highest BCUT2D eigenvalue weighted by Crippen LogP contribution is 2.29. The Morgan fingerprint density at radius 1 is 1.27 bits per heavy atom. The van der Waals surface area contributed by atoms with Gasteiger partial charge < -0.3 is 5.11 Å². The highest BCUT2D eigenvalue weighted by atomic mass is 16.3. The summed E-state index contributed by atoms with van der Waals surface area (Å²) in [6, 6.07) is 3.13. The molecule has 0 spiro atoms. The first kappa shape index (κ1) is 14.8. The molecular formula is C16H19N3O3. The predicted molar refractivity (Wildman–Crippen MR) is 81.6 cm³/mol. The lowest BCUT2D eigenvalue weighted by molar-refractivity contribution is -0.125. The van der Waals surface area contributed by atoms with Gasteiger partial charge in [0.2, 0.25) is 0 Å². The van der Waals surface area contributed by atoms with Crippen LogP contribution in [0, 0.1) is 6.92 Å². The van der Waals surface area contributed by atoms with Crippen LogP contribution in [0.5, 0.6) is 0 Å². The SMILES string of the molecule is Cc1cnc2ccc(=O)n(CCC3(O)CCC(=O)CC3)c2n1. The first-order chi connectivity index (χ1) is 10.5. The third kappa shape index (κ3) is 2.92. The molecule has 2 heterocycles. The van der Waals surface area contributed by atoms with Gasteiger partial charge in [0.25, 0.3) is 5.56 Å². The fourth-order valence-corrected chi connectivity index (χ4v) is 2.91. The van der Waals surface area contributed by atoms with Crippen LogP contribution in [-0.4, -0.2) is 31.0 Å². The quantitative estimate of drug-likeness (QED) is 0.925. The number of pyridine rings is 1. The standard InChI is InChI=1S/C16H19N3O3/c1-11-10-17-13-2-3-14(21)19(15(13)18-11)9-8-16(22)6-4-12(20)5-7-16/h2-3,10,22H,4-9H2,1H3. The van der Waals surface area contributed by atoms with E-state index >= 15 is 0 Å². The number of ketones is 1. The van der Waals surface area contributed by atoms with Gasteiger partial charge in [-0.1, -0.05) is 0 Å². The molecule has 0 saturated heterocycles. The number of aryl methyl sites for hydroxylation is 2. The van der Waals surface area contributed by atoms with Crippen molar-refractivity contribution in [3.8, 4) is 0 Å². The summed E-state index contributed by atoms with van der Waals surface area (Å²) in [4.78, 5) is 32.1. The van der Waals surface area contributed by atoms with Gasteiger partial charge in [0.05, 0.1) is 11.3 Å². The zero-order chi connectivity index (χ0) is 15.7. The molecule has 0 aromatic carbocycles. The summed E-state index contributed by atoms with van der Waals surface area (Å²) < 4.78 is 1.56. The molecule has 0 amide bonds. The second kappa shape index (κ2) is 5.61. The molecule has 1 saturated carbocycles. The number of aliphatic hydroxyl groups is 1. The molecule has 2 aromatic rings. The van der Waals surface area contributed by atoms with E-state index in [4.69, 9.17) is 0 Å². The largest absolute Gasteiger partial charge is 0.390 e. The van der Waals surface area contributed by atoms with Crippen LogP contribution in [-0.2, 0) is 11.3 Å². The maximum atomic E-state index is 12.1. The van der Waals surface area contributed by atoms with E-state index in [-0.39, 0.29) is 11.3 Å². The minimum absolute atomic E-state index is 0.150. The van der Waals surface area contributed by atoms with Crippen LogP contribution >= 0.6 is 0 Å². The Morgan fingerprint density at radius 2 is 2.00 bits per heavy atom. The molecule has 0 unspecified atom stereocenters.